The number of amides is 1. The van der Waals surface area contributed by atoms with Crippen LogP contribution < -0.4 is 0 Å². The first-order chi connectivity index (χ1) is 16.0. The van der Waals surface area contributed by atoms with Crippen molar-refractivity contribution in [2.24, 2.45) is 0 Å². The van der Waals surface area contributed by atoms with Gasteiger partial charge in [-0.25, -0.2) is 4.98 Å². The third kappa shape index (κ3) is 4.16. The summed E-state index contributed by atoms with van der Waals surface area (Å²) in [5.41, 5.74) is 2.61. The fourth-order valence-electron chi connectivity index (χ4n) is 4.62. The molecule has 1 saturated heterocycles. The van der Waals surface area contributed by atoms with Gasteiger partial charge in [-0.2, -0.15) is 0 Å². The number of benzene rings is 1. The third-order valence-electron chi connectivity index (χ3n) is 6.35. The molecule has 1 aromatic carbocycles. The lowest BCUT2D eigenvalue weighted by molar-refractivity contribution is -0.140. The van der Waals surface area contributed by atoms with Crippen molar-refractivity contribution in [1.82, 2.24) is 19.2 Å². The molecule has 0 saturated carbocycles. The number of carbonyl (C=O) groups excluding carboxylic acids is 2. The lowest BCUT2D eigenvalue weighted by Crippen LogP contribution is -2.33. The first-order valence-electron chi connectivity index (χ1n) is 11.5. The molecule has 0 bridgehead atoms. The van der Waals surface area contributed by atoms with Crippen LogP contribution in [-0.2, 0) is 9.59 Å². The lowest BCUT2D eigenvalue weighted by atomic mass is 9.96. The molecule has 0 aliphatic carbocycles. The summed E-state index contributed by atoms with van der Waals surface area (Å²) in [5.74, 6) is -1.42. The molecule has 1 atom stereocenters. The van der Waals surface area contributed by atoms with Gasteiger partial charge in [0, 0.05) is 12.7 Å². The number of aromatic nitrogens is 2. The lowest BCUT2D eigenvalue weighted by Gasteiger charge is -2.26. The Kier molecular flexibility index (Phi) is 6.60. The van der Waals surface area contributed by atoms with E-state index in [-0.39, 0.29) is 11.3 Å². The minimum atomic E-state index is -0.658. The Hall–Kier alpha value is -3.45. The molecular formula is C26H30N4O3. The van der Waals surface area contributed by atoms with Crippen LogP contribution in [0.5, 0.6) is 0 Å². The molecule has 3 aromatic rings. The number of hydrogen-bond acceptors (Lipinski definition) is 5. The topological polar surface area (TPSA) is 78.2 Å². The zero-order valence-corrected chi connectivity index (χ0v) is 19.4. The quantitative estimate of drug-likeness (QED) is 0.324. The number of hydrogen-bond donors (Lipinski definition) is 1. The summed E-state index contributed by atoms with van der Waals surface area (Å²) in [6.07, 6.45) is 2.54. The molecule has 1 aliphatic rings. The number of Topliss-reactive ketones (excluding diaryl/α,β-unsaturated/α-hetero) is 1. The third-order valence-corrected chi connectivity index (χ3v) is 6.35. The van der Waals surface area contributed by atoms with Crippen molar-refractivity contribution < 1.29 is 14.7 Å². The van der Waals surface area contributed by atoms with Crippen LogP contribution in [0.25, 0.3) is 11.4 Å². The zero-order valence-electron chi connectivity index (χ0n) is 19.4. The number of imidazole rings is 1. The van der Waals surface area contributed by atoms with E-state index in [9.17, 15) is 14.7 Å². The van der Waals surface area contributed by atoms with Crippen molar-refractivity contribution in [3.63, 3.8) is 0 Å². The number of carbonyl (C=O) groups is 2. The normalized spacial score (nSPS) is 18.1. The van der Waals surface area contributed by atoms with Crippen LogP contribution in [0.3, 0.4) is 0 Å². The van der Waals surface area contributed by atoms with Crippen molar-refractivity contribution in [3.8, 4) is 0 Å². The number of aryl methyl sites for hydroxylation is 1. The summed E-state index contributed by atoms with van der Waals surface area (Å²) >= 11 is 0. The number of pyridine rings is 1. The van der Waals surface area contributed by atoms with Crippen molar-refractivity contribution in [2.45, 2.75) is 33.2 Å². The highest BCUT2D eigenvalue weighted by atomic mass is 16.3. The van der Waals surface area contributed by atoms with E-state index in [1.54, 1.807) is 22.4 Å². The maximum absolute atomic E-state index is 13.2. The van der Waals surface area contributed by atoms with Crippen LogP contribution in [-0.4, -0.2) is 62.2 Å². The van der Waals surface area contributed by atoms with Crippen molar-refractivity contribution >= 4 is 23.1 Å². The highest BCUT2D eigenvalue weighted by Crippen LogP contribution is 2.39. The molecule has 2 aromatic heterocycles. The molecule has 1 N–H and O–H groups in total. The number of nitrogens with zero attached hydrogens (tertiary/aromatic N) is 4. The number of ketones is 1. The molecule has 1 fully saturated rings. The van der Waals surface area contributed by atoms with Crippen LogP contribution in [0, 0.1) is 6.92 Å². The molecule has 7 heteroatoms. The molecule has 0 radical (unpaired) electrons. The second-order valence-electron chi connectivity index (χ2n) is 8.26. The Labute approximate surface area is 194 Å². The van der Waals surface area contributed by atoms with E-state index >= 15 is 0 Å². The summed E-state index contributed by atoms with van der Waals surface area (Å²) in [6.45, 7) is 9.15. The molecule has 0 spiro atoms. The van der Waals surface area contributed by atoms with E-state index in [1.807, 2.05) is 48.5 Å². The standard InChI is InChI=1S/C26H30N4O3/c1-4-28(5-2)15-11-17-30-23(19-12-7-6-8-13-19)21(25(32)26(30)33)24(31)22-18(3)27-20-14-9-10-16-29(20)22/h6-10,12-14,16,23,31H,4-5,11,15,17H2,1-3H3/t23-/m1/s1. The van der Waals surface area contributed by atoms with Gasteiger partial charge in [0.25, 0.3) is 11.7 Å². The Morgan fingerprint density at radius 2 is 1.76 bits per heavy atom. The van der Waals surface area contributed by atoms with E-state index < -0.39 is 17.7 Å². The van der Waals surface area contributed by atoms with Gasteiger partial charge in [-0.05, 0) is 50.7 Å². The van der Waals surface area contributed by atoms with Crippen LogP contribution in [0.4, 0.5) is 0 Å². The molecule has 0 unspecified atom stereocenters. The largest absolute Gasteiger partial charge is 0.505 e. The summed E-state index contributed by atoms with van der Waals surface area (Å²) in [7, 11) is 0. The number of aliphatic hydroxyl groups is 1. The van der Waals surface area contributed by atoms with Crippen molar-refractivity contribution in [1.29, 1.82) is 0 Å². The fraction of sp³-hybridized carbons (Fsp3) is 0.346. The van der Waals surface area contributed by atoms with Gasteiger partial charge in [-0.3, -0.25) is 14.0 Å². The van der Waals surface area contributed by atoms with Crippen molar-refractivity contribution in [3.05, 3.63) is 77.3 Å². The first-order valence-corrected chi connectivity index (χ1v) is 11.5. The molecule has 1 aliphatic heterocycles. The Balaban J connectivity index is 1.80. The Morgan fingerprint density at radius 3 is 2.45 bits per heavy atom. The number of likely N-dealkylation sites (tertiary alicyclic amines) is 1. The van der Waals surface area contributed by atoms with Gasteiger partial charge >= 0.3 is 0 Å². The van der Waals surface area contributed by atoms with E-state index in [0.29, 0.717) is 23.6 Å². The summed E-state index contributed by atoms with van der Waals surface area (Å²) < 4.78 is 1.75. The van der Waals surface area contributed by atoms with Gasteiger partial charge in [0.15, 0.2) is 5.76 Å². The van der Waals surface area contributed by atoms with Gasteiger partial charge in [-0.15, -0.1) is 0 Å². The molecule has 1 amide bonds. The smallest absolute Gasteiger partial charge is 0.295 e. The minimum Gasteiger partial charge on any atom is -0.505 e. The number of rotatable bonds is 8. The fourth-order valence-corrected chi connectivity index (χ4v) is 4.62. The molecule has 3 heterocycles. The summed E-state index contributed by atoms with van der Waals surface area (Å²) in [6, 6.07) is 14.3. The van der Waals surface area contributed by atoms with E-state index in [4.69, 9.17) is 0 Å². The van der Waals surface area contributed by atoms with E-state index in [0.717, 1.165) is 31.6 Å². The Morgan fingerprint density at radius 1 is 1.06 bits per heavy atom. The molecule has 172 valence electrons. The van der Waals surface area contributed by atoms with Crippen LogP contribution in [0.2, 0.25) is 0 Å². The highest BCUT2D eigenvalue weighted by Gasteiger charge is 2.46. The minimum absolute atomic E-state index is 0.114. The van der Waals surface area contributed by atoms with Crippen LogP contribution >= 0.6 is 0 Å². The van der Waals surface area contributed by atoms with E-state index in [1.165, 1.54) is 0 Å². The van der Waals surface area contributed by atoms with Gasteiger partial charge in [0.2, 0.25) is 0 Å². The maximum atomic E-state index is 13.2. The van der Waals surface area contributed by atoms with Gasteiger partial charge < -0.3 is 14.9 Å². The molecule has 7 nitrogen and oxygen atoms in total. The molecule has 33 heavy (non-hydrogen) atoms. The second kappa shape index (κ2) is 9.58. The second-order valence-corrected chi connectivity index (χ2v) is 8.26. The number of fused-ring (bicyclic) bond motifs is 1. The SMILES string of the molecule is CCN(CC)CCCN1C(=O)C(=O)C(=C(O)c2c(C)nc3ccccn23)[C@H]1c1ccccc1. The van der Waals surface area contributed by atoms with E-state index in [2.05, 4.69) is 23.7 Å². The zero-order chi connectivity index (χ0) is 23.5. The summed E-state index contributed by atoms with van der Waals surface area (Å²) in [5, 5.41) is 11.4. The predicted molar refractivity (Wildman–Crippen MR) is 128 cm³/mol. The maximum Gasteiger partial charge on any atom is 0.295 e. The van der Waals surface area contributed by atoms with Gasteiger partial charge in [0.1, 0.15) is 11.3 Å². The van der Waals surface area contributed by atoms with Crippen LogP contribution in [0.15, 0.2) is 60.3 Å². The predicted octanol–water partition coefficient (Wildman–Crippen LogP) is 3.80. The molecule has 4 rings (SSSR count). The highest BCUT2D eigenvalue weighted by molar-refractivity contribution is 6.46. The monoisotopic (exact) mass is 446 g/mol. The average Bonchev–Trinajstić information content (AvgIpc) is 3.30. The Bertz CT molecular complexity index is 1190. The summed E-state index contributed by atoms with van der Waals surface area (Å²) in [4.78, 5) is 34.8. The number of aliphatic hydroxyl groups excluding tert-OH is 1. The average molecular weight is 447 g/mol. The first kappa shape index (κ1) is 22.7. The van der Waals surface area contributed by atoms with Gasteiger partial charge in [0.05, 0.1) is 17.3 Å². The van der Waals surface area contributed by atoms with Gasteiger partial charge in [-0.1, -0.05) is 50.2 Å². The van der Waals surface area contributed by atoms with Crippen LogP contribution in [0.1, 0.15) is 43.3 Å². The molecular weight excluding hydrogens is 416 g/mol. The van der Waals surface area contributed by atoms with Crippen molar-refractivity contribution in [2.75, 3.05) is 26.2 Å².